The van der Waals surface area contributed by atoms with Crippen molar-refractivity contribution in [2.24, 2.45) is 5.92 Å². The molecule has 0 saturated carbocycles. The number of halogens is 1. The first kappa shape index (κ1) is 15.7. The zero-order chi connectivity index (χ0) is 16.4. The van der Waals surface area contributed by atoms with E-state index in [0.717, 1.165) is 21.4 Å². The van der Waals surface area contributed by atoms with Crippen molar-refractivity contribution in [1.29, 1.82) is 0 Å². The van der Waals surface area contributed by atoms with Gasteiger partial charge in [-0.3, -0.25) is 9.59 Å². The van der Waals surface area contributed by atoms with Crippen LogP contribution in [0.5, 0.6) is 0 Å². The summed E-state index contributed by atoms with van der Waals surface area (Å²) in [6.07, 6.45) is 0.246. The van der Waals surface area contributed by atoms with Crippen LogP contribution >= 0.6 is 15.9 Å². The van der Waals surface area contributed by atoms with Gasteiger partial charge in [-0.05, 0) is 43.3 Å². The minimum atomic E-state index is -0.326. The summed E-state index contributed by atoms with van der Waals surface area (Å²) in [7, 11) is 0. The van der Waals surface area contributed by atoms with Gasteiger partial charge in [0.25, 0.3) is 0 Å². The van der Waals surface area contributed by atoms with Gasteiger partial charge in [0.15, 0.2) is 0 Å². The molecule has 23 heavy (non-hydrogen) atoms. The summed E-state index contributed by atoms with van der Waals surface area (Å²) in [5.41, 5.74) is 2.73. The van der Waals surface area contributed by atoms with E-state index in [1.807, 2.05) is 55.5 Å². The summed E-state index contributed by atoms with van der Waals surface area (Å²) in [5.74, 6) is -0.451. The summed E-state index contributed by atoms with van der Waals surface area (Å²) in [4.78, 5) is 26.3. The van der Waals surface area contributed by atoms with E-state index in [9.17, 15) is 9.59 Å². The second kappa shape index (κ2) is 6.54. The number of carbonyl (C=O) groups is 2. The number of hydrogen-bond donors (Lipinski definition) is 1. The summed E-state index contributed by atoms with van der Waals surface area (Å²) >= 11 is 3.36. The van der Waals surface area contributed by atoms with E-state index in [4.69, 9.17) is 0 Å². The fourth-order valence-electron chi connectivity index (χ4n) is 2.63. The highest BCUT2D eigenvalue weighted by atomic mass is 79.9. The van der Waals surface area contributed by atoms with Gasteiger partial charge in [0.2, 0.25) is 11.8 Å². The predicted molar refractivity (Wildman–Crippen MR) is 94.4 cm³/mol. The smallest absolute Gasteiger partial charge is 0.229 e. The Kier molecular flexibility index (Phi) is 4.48. The number of benzene rings is 2. The largest absolute Gasteiger partial charge is 0.326 e. The number of nitrogens with one attached hydrogen (secondary N) is 1. The van der Waals surface area contributed by atoms with Crippen molar-refractivity contribution in [2.45, 2.75) is 13.3 Å². The van der Waals surface area contributed by atoms with E-state index in [0.29, 0.717) is 6.54 Å². The van der Waals surface area contributed by atoms with Gasteiger partial charge in [-0.2, -0.15) is 0 Å². The zero-order valence-electron chi connectivity index (χ0n) is 12.8. The highest BCUT2D eigenvalue weighted by Crippen LogP contribution is 2.26. The van der Waals surface area contributed by atoms with Crippen LogP contribution in [0.4, 0.5) is 11.4 Å². The molecule has 1 fully saturated rings. The maximum absolute atomic E-state index is 12.4. The van der Waals surface area contributed by atoms with E-state index in [1.165, 1.54) is 0 Å². The first-order valence-corrected chi connectivity index (χ1v) is 8.26. The Balaban J connectivity index is 1.68. The average Bonchev–Trinajstić information content (AvgIpc) is 2.92. The van der Waals surface area contributed by atoms with Crippen LogP contribution in [-0.2, 0) is 9.59 Å². The third-order valence-electron chi connectivity index (χ3n) is 3.95. The number of anilines is 2. The lowest BCUT2D eigenvalue weighted by Gasteiger charge is -2.17. The van der Waals surface area contributed by atoms with E-state index >= 15 is 0 Å². The van der Waals surface area contributed by atoms with E-state index in [-0.39, 0.29) is 24.2 Å². The summed E-state index contributed by atoms with van der Waals surface area (Å²) in [6, 6.07) is 15.2. The Hall–Kier alpha value is -2.14. The van der Waals surface area contributed by atoms with Crippen LogP contribution in [0, 0.1) is 12.8 Å². The van der Waals surface area contributed by atoms with Crippen LogP contribution < -0.4 is 10.2 Å². The monoisotopic (exact) mass is 372 g/mol. The third-order valence-corrected chi connectivity index (χ3v) is 4.48. The van der Waals surface area contributed by atoms with Crippen molar-refractivity contribution in [3.63, 3.8) is 0 Å². The van der Waals surface area contributed by atoms with Gasteiger partial charge in [-0.15, -0.1) is 0 Å². The van der Waals surface area contributed by atoms with Gasteiger partial charge in [-0.1, -0.05) is 33.6 Å². The molecule has 2 aromatic rings. The van der Waals surface area contributed by atoms with Gasteiger partial charge in [0, 0.05) is 28.8 Å². The van der Waals surface area contributed by atoms with Crippen molar-refractivity contribution < 1.29 is 9.59 Å². The summed E-state index contributed by atoms with van der Waals surface area (Å²) < 4.78 is 0.956. The van der Waals surface area contributed by atoms with Gasteiger partial charge >= 0.3 is 0 Å². The number of aryl methyl sites for hydroxylation is 1. The van der Waals surface area contributed by atoms with E-state index in [1.54, 1.807) is 4.90 Å². The standard InChI is InChI=1S/C18H17BrN2O2/c1-12-2-8-16(9-3-12)21-11-13(10-17(21)22)18(23)20-15-6-4-14(19)5-7-15/h2-9,13H,10-11H2,1H3,(H,20,23). The topological polar surface area (TPSA) is 49.4 Å². The second-order valence-electron chi connectivity index (χ2n) is 5.74. The fraction of sp³-hybridized carbons (Fsp3) is 0.222. The van der Waals surface area contributed by atoms with Crippen molar-refractivity contribution in [1.82, 2.24) is 0 Å². The Labute approximate surface area is 143 Å². The molecule has 118 valence electrons. The molecule has 1 saturated heterocycles. The van der Waals surface area contributed by atoms with Crippen molar-refractivity contribution >= 4 is 39.1 Å². The molecule has 2 aromatic carbocycles. The molecule has 2 amide bonds. The highest BCUT2D eigenvalue weighted by molar-refractivity contribution is 9.10. The van der Waals surface area contributed by atoms with Gasteiger partial charge in [0.1, 0.15) is 0 Å². The highest BCUT2D eigenvalue weighted by Gasteiger charge is 2.35. The van der Waals surface area contributed by atoms with Crippen LogP contribution in [0.1, 0.15) is 12.0 Å². The Morgan fingerprint density at radius 2 is 1.78 bits per heavy atom. The molecule has 1 aliphatic heterocycles. The Morgan fingerprint density at radius 3 is 2.43 bits per heavy atom. The van der Waals surface area contributed by atoms with Gasteiger partial charge in [-0.25, -0.2) is 0 Å². The third kappa shape index (κ3) is 3.62. The second-order valence-corrected chi connectivity index (χ2v) is 6.65. The van der Waals surface area contributed by atoms with E-state index < -0.39 is 0 Å². The van der Waals surface area contributed by atoms with E-state index in [2.05, 4.69) is 21.2 Å². The van der Waals surface area contributed by atoms with Crippen LogP contribution in [0.2, 0.25) is 0 Å². The number of carbonyl (C=O) groups excluding carboxylic acids is 2. The van der Waals surface area contributed by atoms with Crippen molar-refractivity contribution in [3.05, 3.63) is 58.6 Å². The molecular weight excluding hydrogens is 356 g/mol. The molecule has 0 aromatic heterocycles. The number of nitrogens with zero attached hydrogens (tertiary/aromatic N) is 1. The minimum Gasteiger partial charge on any atom is -0.326 e. The quantitative estimate of drug-likeness (QED) is 0.891. The molecular formula is C18H17BrN2O2. The molecule has 0 bridgehead atoms. The number of hydrogen-bond acceptors (Lipinski definition) is 2. The van der Waals surface area contributed by atoms with Gasteiger partial charge in [0.05, 0.1) is 5.92 Å². The summed E-state index contributed by atoms with van der Waals surface area (Å²) in [5, 5.41) is 2.87. The van der Waals surface area contributed by atoms with Crippen molar-refractivity contribution in [2.75, 3.05) is 16.8 Å². The maximum atomic E-state index is 12.4. The van der Waals surface area contributed by atoms with Crippen LogP contribution in [0.3, 0.4) is 0 Å². The molecule has 0 spiro atoms. The van der Waals surface area contributed by atoms with Crippen molar-refractivity contribution in [3.8, 4) is 0 Å². The molecule has 3 rings (SSSR count). The molecule has 4 nitrogen and oxygen atoms in total. The SMILES string of the molecule is Cc1ccc(N2CC(C(=O)Nc3ccc(Br)cc3)CC2=O)cc1. The lowest BCUT2D eigenvalue weighted by Crippen LogP contribution is -2.28. The molecule has 1 N–H and O–H groups in total. The molecule has 1 atom stereocenters. The lowest BCUT2D eigenvalue weighted by atomic mass is 10.1. The lowest BCUT2D eigenvalue weighted by molar-refractivity contribution is -0.122. The van der Waals surface area contributed by atoms with Crippen LogP contribution in [-0.4, -0.2) is 18.4 Å². The molecule has 1 heterocycles. The maximum Gasteiger partial charge on any atom is 0.229 e. The zero-order valence-corrected chi connectivity index (χ0v) is 14.3. The molecule has 1 unspecified atom stereocenters. The molecule has 0 aliphatic carbocycles. The fourth-order valence-corrected chi connectivity index (χ4v) is 2.90. The number of rotatable bonds is 3. The van der Waals surface area contributed by atoms with Crippen LogP contribution in [0.25, 0.3) is 0 Å². The Bertz CT molecular complexity index is 726. The minimum absolute atomic E-state index is 0.00944. The van der Waals surface area contributed by atoms with Gasteiger partial charge < -0.3 is 10.2 Å². The predicted octanol–water partition coefficient (Wildman–Crippen LogP) is 3.75. The molecule has 1 aliphatic rings. The normalized spacial score (nSPS) is 17.4. The first-order chi connectivity index (χ1) is 11.0. The molecule has 0 radical (unpaired) electrons. The first-order valence-electron chi connectivity index (χ1n) is 7.46. The Morgan fingerprint density at radius 1 is 1.13 bits per heavy atom. The van der Waals surface area contributed by atoms with Crippen LogP contribution in [0.15, 0.2) is 53.0 Å². The average molecular weight is 373 g/mol. The number of amides is 2. The molecule has 5 heteroatoms. The summed E-state index contributed by atoms with van der Waals surface area (Å²) in [6.45, 7) is 2.42.